The number of hydrogen-bond acceptors (Lipinski definition) is 5. The van der Waals surface area contributed by atoms with E-state index >= 15 is 0 Å². The SMILES string of the molecule is CC(C)CC(Oc1ccc(C#N)c(C(F)(F)F)c1)C(O)NC(C)c1cccnc1. The van der Waals surface area contributed by atoms with Gasteiger partial charge in [0, 0.05) is 18.4 Å². The van der Waals surface area contributed by atoms with Crippen molar-refractivity contribution in [3.8, 4) is 11.8 Å². The summed E-state index contributed by atoms with van der Waals surface area (Å²) in [5.41, 5.74) is -0.686. The minimum atomic E-state index is -4.68. The minimum absolute atomic E-state index is 0.0585. The van der Waals surface area contributed by atoms with Crippen LogP contribution >= 0.6 is 0 Å². The molecular formula is C21H24F3N3O2. The van der Waals surface area contributed by atoms with E-state index in [2.05, 4.69) is 10.3 Å². The van der Waals surface area contributed by atoms with E-state index in [-0.39, 0.29) is 17.7 Å². The van der Waals surface area contributed by atoms with Crippen LogP contribution in [-0.4, -0.2) is 22.4 Å². The Hall–Kier alpha value is -2.63. The zero-order chi connectivity index (χ0) is 21.6. The average Bonchev–Trinajstić information content (AvgIpc) is 2.67. The monoisotopic (exact) mass is 407 g/mol. The highest BCUT2D eigenvalue weighted by molar-refractivity contribution is 5.44. The van der Waals surface area contributed by atoms with E-state index in [0.717, 1.165) is 17.7 Å². The molecule has 0 aliphatic carbocycles. The van der Waals surface area contributed by atoms with Gasteiger partial charge in [0.05, 0.1) is 17.2 Å². The van der Waals surface area contributed by atoms with Gasteiger partial charge in [-0.05, 0) is 49.1 Å². The molecular weight excluding hydrogens is 383 g/mol. The molecule has 0 amide bonds. The Morgan fingerprint density at radius 1 is 1.24 bits per heavy atom. The van der Waals surface area contributed by atoms with Crippen molar-refractivity contribution in [2.45, 2.75) is 51.7 Å². The number of ether oxygens (including phenoxy) is 1. The van der Waals surface area contributed by atoms with Gasteiger partial charge >= 0.3 is 6.18 Å². The van der Waals surface area contributed by atoms with Crippen LogP contribution in [0.1, 0.15) is 49.9 Å². The van der Waals surface area contributed by atoms with E-state index in [1.165, 1.54) is 12.1 Å². The molecule has 1 heterocycles. The third-order valence-corrected chi connectivity index (χ3v) is 4.37. The second kappa shape index (κ2) is 9.72. The first-order valence-electron chi connectivity index (χ1n) is 9.23. The van der Waals surface area contributed by atoms with Gasteiger partial charge in [0.2, 0.25) is 0 Å². The second-order valence-corrected chi connectivity index (χ2v) is 7.22. The van der Waals surface area contributed by atoms with Gasteiger partial charge in [0.1, 0.15) is 18.1 Å². The summed E-state index contributed by atoms with van der Waals surface area (Å²) in [7, 11) is 0. The summed E-state index contributed by atoms with van der Waals surface area (Å²) in [4.78, 5) is 4.04. The maximum absolute atomic E-state index is 13.2. The van der Waals surface area contributed by atoms with E-state index in [0.29, 0.717) is 6.42 Å². The minimum Gasteiger partial charge on any atom is -0.486 e. The Labute approximate surface area is 168 Å². The molecule has 1 aromatic carbocycles. The lowest BCUT2D eigenvalue weighted by molar-refractivity contribution is -0.138. The maximum Gasteiger partial charge on any atom is 0.417 e. The molecule has 0 fully saturated rings. The molecule has 0 aliphatic rings. The number of halogens is 3. The van der Waals surface area contributed by atoms with Crippen LogP contribution in [0.15, 0.2) is 42.7 Å². The van der Waals surface area contributed by atoms with E-state index in [9.17, 15) is 18.3 Å². The molecule has 0 saturated heterocycles. The third-order valence-electron chi connectivity index (χ3n) is 4.37. The molecule has 1 aromatic heterocycles. The molecule has 3 atom stereocenters. The summed E-state index contributed by atoms with van der Waals surface area (Å²) in [5.74, 6) is 0.0717. The van der Waals surface area contributed by atoms with Crippen LogP contribution in [0, 0.1) is 17.2 Å². The van der Waals surface area contributed by atoms with Crippen LogP contribution in [0.2, 0.25) is 0 Å². The number of pyridine rings is 1. The molecule has 8 heteroatoms. The lowest BCUT2D eigenvalue weighted by atomic mass is 10.0. The molecule has 0 spiro atoms. The normalized spacial score (nSPS) is 14.9. The number of aliphatic hydroxyl groups is 1. The zero-order valence-electron chi connectivity index (χ0n) is 16.4. The first kappa shape index (κ1) is 22.7. The van der Waals surface area contributed by atoms with Crippen molar-refractivity contribution in [1.29, 1.82) is 5.26 Å². The fourth-order valence-corrected chi connectivity index (χ4v) is 2.90. The summed E-state index contributed by atoms with van der Waals surface area (Å²) in [5, 5.41) is 22.6. The molecule has 29 heavy (non-hydrogen) atoms. The molecule has 0 saturated carbocycles. The highest BCUT2D eigenvalue weighted by Gasteiger charge is 2.34. The molecule has 2 aromatic rings. The van der Waals surface area contributed by atoms with Gasteiger partial charge in [0.15, 0.2) is 0 Å². The average molecular weight is 407 g/mol. The van der Waals surface area contributed by atoms with E-state index < -0.39 is 29.6 Å². The van der Waals surface area contributed by atoms with Crippen LogP contribution in [0.4, 0.5) is 13.2 Å². The molecule has 0 bridgehead atoms. The van der Waals surface area contributed by atoms with Gasteiger partial charge in [-0.15, -0.1) is 0 Å². The Kier molecular flexibility index (Phi) is 7.59. The number of nitrogens with zero attached hydrogens (tertiary/aromatic N) is 2. The Balaban J connectivity index is 2.21. The molecule has 0 radical (unpaired) electrons. The number of rotatable bonds is 8. The van der Waals surface area contributed by atoms with Crippen molar-refractivity contribution in [1.82, 2.24) is 10.3 Å². The summed E-state index contributed by atoms with van der Waals surface area (Å²) in [6, 6.07) is 8.09. The molecule has 5 nitrogen and oxygen atoms in total. The number of nitrogens with one attached hydrogen (secondary N) is 1. The molecule has 3 unspecified atom stereocenters. The van der Waals surface area contributed by atoms with Crippen LogP contribution in [0.3, 0.4) is 0 Å². The second-order valence-electron chi connectivity index (χ2n) is 7.22. The predicted octanol–water partition coefficient (Wildman–Crippen LogP) is 4.43. The van der Waals surface area contributed by atoms with Gasteiger partial charge in [-0.1, -0.05) is 19.9 Å². The number of aliphatic hydroxyl groups excluding tert-OH is 1. The highest BCUT2D eigenvalue weighted by Crippen LogP contribution is 2.34. The summed E-state index contributed by atoms with van der Waals surface area (Å²) in [6.45, 7) is 5.69. The number of nitriles is 1. The van der Waals surface area contributed by atoms with Crippen molar-refractivity contribution in [2.24, 2.45) is 5.92 Å². The van der Waals surface area contributed by atoms with Gasteiger partial charge in [-0.3, -0.25) is 10.3 Å². The topological polar surface area (TPSA) is 78.2 Å². The lowest BCUT2D eigenvalue weighted by Crippen LogP contribution is -2.44. The Morgan fingerprint density at radius 3 is 2.52 bits per heavy atom. The Bertz CT molecular complexity index is 835. The van der Waals surface area contributed by atoms with Gasteiger partial charge in [-0.25, -0.2) is 0 Å². The third kappa shape index (κ3) is 6.44. The Morgan fingerprint density at radius 2 is 1.97 bits per heavy atom. The quantitative estimate of drug-likeness (QED) is 0.633. The number of hydrogen-bond donors (Lipinski definition) is 2. The molecule has 2 rings (SSSR count). The van der Waals surface area contributed by atoms with Crippen LogP contribution in [0.25, 0.3) is 0 Å². The lowest BCUT2D eigenvalue weighted by Gasteiger charge is -2.29. The summed E-state index contributed by atoms with van der Waals surface area (Å²) >= 11 is 0. The number of alkyl halides is 3. The first-order chi connectivity index (χ1) is 13.6. The number of aromatic nitrogens is 1. The standard InChI is InChI=1S/C21H24F3N3O2/c1-13(2)9-19(20(28)27-14(3)16-5-4-8-26-12-16)29-17-7-6-15(11-25)18(10-17)21(22,23)24/h4-8,10,12-14,19-20,27-28H,9H2,1-3H3. The van der Waals surface area contributed by atoms with Crippen molar-refractivity contribution in [2.75, 3.05) is 0 Å². The van der Waals surface area contributed by atoms with Crippen molar-refractivity contribution >= 4 is 0 Å². The van der Waals surface area contributed by atoms with Crippen LogP contribution < -0.4 is 10.1 Å². The smallest absolute Gasteiger partial charge is 0.417 e. The van der Waals surface area contributed by atoms with Crippen molar-refractivity contribution < 1.29 is 23.0 Å². The predicted molar refractivity (Wildman–Crippen MR) is 102 cm³/mol. The van der Waals surface area contributed by atoms with Crippen LogP contribution in [0.5, 0.6) is 5.75 Å². The van der Waals surface area contributed by atoms with Gasteiger partial charge < -0.3 is 9.84 Å². The van der Waals surface area contributed by atoms with Crippen LogP contribution in [-0.2, 0) is 6.18 Å². The molecule has 2 N–H and O–H groups in total. The fourth-order valence-electron chi connectivity index (χ4n) is 2.90. The van der Waals surface area contributed by atoms with E-state index in [1.54, 1.807) is 18.5 Å². The fraction of sp³-hybridized carbons (Fsp3) is 0.429. The molecule has 156 valence electrons. The van der Waals surface area contributed by atoms with Gasteiger partial charge in [0.25, 0.3) is 0 Å². The largest absolute Gasteiger partial charge is 0.486 e. The number of benzene rings is 1. The molecule has 0 aliphatic heterocycles. The van der Waals surface area contributed by atoms with E-state index in [1.807, 2.05) is 26.8 Å². The summed E-state index contributed by atoms with van der Waals surface area (Å²) < 4.78 is 45.3. The van der Waals surface area contributed by atoms with Gasteiger partial charge in [-0.2, -0.15) is 18.4 Å². The van der Waals surface area contributed by atoms with E-state index in [4.69, 9.17) is 10.00 Å². The van der Waals surface area contributed by atoms with Crippen molar-refractivity contribution in [3.05, 3.63) is 59.4 Å². The first-order valence-corrected chi connectivity index (χ1v) is 9.23. The van der Waals surface area contributed by atoms with Crippen molar-refractivity contribution in [3.63, 3.8) is 0 Å². The summed E-state index contributed by atoms with van der Waals surface area (Å²) in [6.07, 6.45) is -2.88. The highest BCUT2D eigenvalue weighted by atomic mass is 19.4. The zero-order valence-corrected chi connectivity index (χ0v) is 16.4. The maximum atomic E-state index is 13.2.